The fraction of sp³-hybridized carbons (Fsp3) is 0.545. The van der Waals surface area contributed by atoms with Crippen molar-refractivity contribution in [2.24, 2.45) is 0 Å². The van der Waals surface area contributed by atoms with Gasteiger partial charge in [0.1, 0.15) is 5.82 Å². The predicted octanol–water partition coefficient (Wildman–Crippen LogP) is 1.40. The smallest absolute Gasteiger partial charge is 0.239 e. The molecule has 0 saturated heterocycles. The number of amides is 1. The summed E-state index contributed by atoms with van der Waals surface area (Å²) in [6.45, 7) is 4.92. The molecule has 0 fully saturated rings. The molecule has 1 heterocycles. The molecule has 1 aromatic heterocycles. The molecule has 0 aromatic carbocycles. The number of likely N-dealkylation sites (N-methyl/N-ethyl adjacent to an activating group) is 1. The highest BCUT2D eigenvalue weighted by atomic mass is 35.5. The lowest BCUT2D eigenvalue weighted by Gasteiger charge is -2.22. The Labute approximate surface area is 106 Å². The minimum absolute atomic E-state index is 0.0502. The Hall–Kier alpha value is -1.36. The average Bonchev–Trinajstić information content (AvgIpc) is 2.27. The summed E-state index contributed by atoms with van der Waals surface area (Å²) in [5.41, 5.74) is 0.790. The van der Waals surface area contributed by atoms with E-state index in [4.69, 9.17) is 11.6 Å². The summed E-state index contributed by atoms with van der Waals surface area (Å²) >= 11 is 5.82. The van der Waals surface area contributed by atoms with Crippen molar-refractivity contribution in [2.75, 3.05) is 25.0 Å². The zero-order valence-corrected chi connectivity index (χ0v) is 11.1. The van der Waals surface area contributed by atoms with Crippen molar-refractivity contribution in [1.82, 2.24) is 15.3 Å². The second-order valence-electron chi connectivity index (χ2n) is 3.73. The van der Waals surface area contributed by atoms with Crippen molar-refractivity contribution >= 4 is 23.3 Å². The number of halogens is 1. The van der Waals surface area contributed by atoms with Crippen LogP contribution in [0.2, 0.25) is 5.28 Å². The fourth-order valence-electron chi connectivity index (χ4n) is 1.48. The number of anilines is 1. The molecule has 1 aromatic rings. The van der Waals surface area contributed by atoms with Gasteiger partial charge in [-0.05, 0) is 24.9 Å². The van der Waals surface area contributed by atoms with Crippen LogP contribution < -0.4 is 10.2 Å². The summed E-state index contributed by atoms with van der Waals surface area (Å²) in [5.74, 6) is 0.638. The fourth-order valence-corrected chi connectivity index (χ4v) is 1.70. The zero-order chi connectivity index (χ0) is 12.8. The number of aromatic nitrogens is 2. The van der Waals surface area contributed by atoms with Crippen LogP contribution in [0.1, 0.15) is 19.0 Å². The maximum atomic E-state index is 11.4. The SMILES string of the molecule is CCCN(CC(=O)NC)c1cc(C)nc(Cl)n1. The zero-order valence-electron chi connectivity index (χ0n) is 10.3. The third kappa shape index (κ3) is 4.19. The molecule has 6 heteroatoms. The van der Waals surface area contributed by atoms with E-state index in [9.17, 15) is 4.79 Å². The van der Waals surface area contributed by atoms with E-state index in [0.717, 1.165) is 18.7 Å². The van der Waals surface area contributed by atoms with Crippen LogP contribution in [0.25, 0.3) is 0 Å². The van der Waals surface area contributed by atoms with Crippen molar-refractivity contribution in [3.63, 3.8) is 0 Å². The van der Waals surface area contributed by atoms with E-state index in [0.29, 0.717) is 5.82 Å². The van der Waals surface area contributed by atoms with Gasteiger partial charge in [-0.3, -0.25) is 4.79 Å². The standard InChI is InChI=1S/C11H17ClN4O/c1-4-5-16(7-10(17)13-3)9-6-8(2)14-11(12)15-9/h6H,4-5,7H2,1-3H3,(H,13,17). The second-order valence-corrected chi connectivity index (χ2v) is 4.07. The molecule has 0 aliphatic carbocycles. The third-order valence-electron chi connectivity index (χ3n) is 2.24. The normalized spacial score (nSPS) is 10.1. The van der Waals surface area contributed by atoms with Gasteiger partial charge in [0.25, 0.3) is 0 Å². The van der Waals surface area contributed by atoms with Gasteiger partial charge in [0.2, 0.25) is 11.2 Å². The van der Waals surface area contributed by atoms with E-state index in [2.05, 4.69) is 15.3 Å². The van der Waals surface area contributed by atoms with Gasteiger partial charge in [-0.1, -0.05) is 6.92 Å². The molecule has 94 valence electrons. The Morgan fingerprint density at radius 1 is 1.53 bits per heavy atom. The summed E-state index contributed by atoms with van der Waals surface area (Å²) in [7, 11) is 1.62. The molecule has 17 heavy (non-hydrogen) atoms. The maximum Gasteiger partial charge on any atom is 0.239 e. The van der Waals surface area contributed by atoms with E-state index < -0.39 is 0 Å². The molecule has 0 spiro atoms. The first kappa shape index (κ1) is 13.7. The number of aryl methyl sites for hydroxylation is 1. The first-order chi connectivity index (χ1) is 8.06. The van der Waals surface area contributed by atoms with Crippen LogP contribution in [0, 0.1) is 6.92 Å². The van der Waals surface area contributed by atoms with Gasteiger partial charge in [0.05, 0.1) is 6.54 Å². The number of hydrogen-bond acceptors (Lipinski definition) is 4. The minimum Gasteiger partial charge on any atom is -0.358 e. The van der Waals surface area contributed by atoms with Crippen molar-refractivity contribution in [1.29, 1.82) is 0 Å². The van der Waals surface area contributed by atoms with Crippen molar-refractivity contribution in [3.8, 4) is 0 Å². The van der Waals surface area contributed by atoms with Crippen LogP contribution in [0.5, 0.6) is 0 Å². The van der Waals surface area contributed by atoms with Gasteiger partial charge < -0.3 is 10.2 Å². The van der Waals surface area contributed by atoms with Gasteiger partial charge in [-0.15, -0.1) is 0 Å². The molecule has 0 radical (unpaired) electrons. The molecule has 0 saturated carbocycles. The molecular formula is C11H17ClN4O. The number of rotatable bonds is 5. The number of nitrogens with one attached hydrogen (secondary N) is 1. The lowest BCUT2D eigenvalue weighted by Crippen LogP contribution is -2.36. The van der Waals surface area contributed by atoms with Crippen molar-refractivity contribution in [3.05, 3.63) is 17.0 Å². The third-order valence-corrected chi connectivity index (χ3v) is 2.41. The van der Waals surface area contributed by atoms with Crippen LogP contribution in [0.3, 0.4) is 0 Å². The molecule has 0 unspecified atom stereocenters. The Bertz CT molecular complexity index is 377. The Balaban J connectivity index is 2.91. The lowest BCUT2D eigenvalue weighted by atomic mass is 10.3. The first-order valence-electron chi connectivity index (χ1n) is 5.53. The van der Waals surface area contributed by atoms with Gasteiger partial charge >= 0.3 is 0 Å². The van der Waals surface area contributed by atoms with Gasteiger partial charge in [0, 0.05) is 25.4 Å². The van der Waals surface area contributed by atoms with Crippen LogP contribution >= 0.6 is 11.6 Å². The van der Waals surface area contributed by atoms with Gasteiger partial charge in [0.15, 0.2) is 0 Å². The highest BCUT2D eigenvalue weighted by Crippen LogP contribution is 2.15. The van der Waals surface area contributed by atoms with E-state index in [-0.39, 0.29) is 17.7 Å². The summed E-state index contributed by atoms with van der Waals surface area (Å²) in [6.07, 6.45) is 0.928. The minimum atomic E-state index is -0.0502. The predicted molar refractivity (Wildman–Crippen MR) is 68.3 cm³/mol. The van der Waals surface area contributed by atoms with E-state index in [1.165, 1.54) is 0 Å². The summed E-state index contributed by atoms with van der Waals surface area (Å²) < 4.78 is 0. The number of hydrogen-bond donors (Lipinski definition) is 1. The monoisotopic (exact) mass is 256 g/mol. The molecule has 1 amide bonds. The highest BCUT2D eigenvalue weighted by molar-refractivity contribution is 6.28. The lowest BCUT2D eigenvalue weighted by molar-refractivity contribution is -0.119. The molecule has 0 aliphatic heterocycles. The van der Waals surface area contributed by atoms with Gasteiger partial charge in [-0.2, -0.15) is 0 Å². The summed E-state index contributed by atoms with van der Waals surface area (Å²) in [5, 5.41) is 2.80. The summed E-state index contributed by atoms with van der Waals surface area (Å²) in [6, 6.07) is 1.82. The van der Waals surface area contributed by atoms with E-state index in [1.807, 2.05) is 24.8 Å². The molecule has 1 N–H and O–H groups in total. The average molecular weight is 257 g/mol. The number of nitrogens with zero attached hydrogens (tertiary/aromatic N) is 3. The maximum absolute atomic E-state index is 11.4. The first-order valence-corrected chi connectivity index (χ1v) is 5.91. The van der Waals surface area contributed by atoms with E-state index >= 15 is 0 Å². The van der Waals surface area contributed by atoms with Crippen LogP contribution in [0.4, 0.5) is 5.82 Å². The van der Waals surface area contributed by atoms with E-state index in [1.54, 1.807) is 7.05 Å². The Morgan fingerprint density at radius 2 is 2.24 bits per heavy atom. The number of carbonyl (C=O) groups is 1. The Morgan fingerprint density at radius 3 is 2.76 bits per heavy atom. The van der Waals surface area contributed by atoms with Crippen LogP contribution in [-0.2, 0) is 4.79 Å². The van der Waals surface area contributed by atoms with Crippen LogP contribution in [0.15, 0.2) is 6.07 Å². The quantitative estimate of drug-likeness (QED) is 0.809. The molecule has 1 rings (SSSR count). The molecule has 5 nitrogen and oxygen atoms in total. The second kappa shape index (κ2) is 6.39. The topological polar surface area (TPSA) is 58.1 Å². The van der Waals surface area contributed by atoms with Crippen molar-refractivity contribution in [2.45, 2.75) is 20.3 Å². The van der Waals surface area contributed by atoms with Crippen LogP contribution in [-0.4, -0.2) is 36.0 Å². The van der Waals surface area contributed by atoms with Gasteiger partial charge in [-0.25, -0.2) is 9.97 Å². The molecular weight excluding hydrogens is 240 g/mol. The highest BCUT2D eigenvalue weighted by Gasteiger charge is 2.12. The molecule has 0 atom stereocenters. The molecule has 0 bridgehead atoms. The number of carbonyl (C=O) groups excluding carboxylic acids is 1. The molecule has 0 aliphatic rings. The summed E-state index contributed by atoms with van der Waals surface area (Å²) in [4.78, 5) is 21.4. The Kier molecular flexibility index (Phi) is 5.15. The van der Waals surface area contributed by atoms with Crippen molar-refractivity contribution < 1.29 is 4.79 Å². The largest absolute Gasteiger partial charge is 0.358 e.